The van der Waals surface area contributed by atoms with E-state index in [0.29, 0.717) is 0 Å². The Bertz CT molecular complexity index is 136. The van der Waals surface area contributed by atoms with Crippen LogP contribution in [0.4, 0.5) is 0 Å². The van der Waals surface area contributed by atoms with Crippen molar-refractivity contribution in [2.24, 2.45) is 0 Å². The molecule has 0 aliphatic carbocycles. The molecule has 0 aromatic heterocycles. The molecule has 0 rings (SSSR count). The molecule has 0 fully saturated rings. The molecule has 0 atom stereocenters. The second-order valence-corrected chi connectivity index (χ2v) is 6.80. The first-order valence-electron chi connectivity index (χ1n) is 2.01. The van der Waals surface area contributed by atoms with Crippen LogP contribution in [0.15, 0.2) is 0 Å². The van der Waals surface area contributed by atoms with Crippen molar-refractivity contribution in [3.63, 3.8) is 0 Å². The van der Waals surface area contributed by atoms with Crippen molar-refractivity contribution in [1.82, 2.24) is 0 Å². The van der Waals surface area contributed by atoms with Gasteiger partial charge in [-0.15, -0.1) is 0 Å². The summed E-state index contributed by atoms with van der Waals surface area (Å²) in [6.07, 6.45) is 0. The summed E-state index contributed by atoms with van der Waals surface area (Å²) in [6.45, 7) is -1.79. The molecule has 0 radical (unpaired) electrons. The van der Waals surface area contributed by atoms with Crippen LogP contribution in [0, 0.1) is 0 Å². The fourth-order valence-corrected chi connectivity index (χ4v) is 0.989. The van der Waals surface area contributed by atoms with Crippen LogP contribution in [0.3, 0.4) is 0 Å². The minimum absolute atomic E-state index is 0.841. The fourth-order valence-electron chi connectivity index (χ4n) is 0.192. The van der Waals surface area contributed by atoms with Gasteiger partial charge in [-0.05, 0) is 0 Å². The first-order chi connectivity index (χ1) is 4.42. The van der Waals surface area contributed by atoms with Gasteiger partial charge in [-0.1, -0.05) is 45.7 Å². The van der Waals surface area contributed by atoms with Crippen molar-refractivity contribution >= 4 is 58.3 Å². The zero-order chi connectivity index (χ0) is 8.36. The minimum Gasteiger partial charge on any atom is -0.466 e. The van der Waals surface area contributed by atoms with Crippen LogP contribution in [-0.4, -0.2) is 17.2 Å². The van der Waals surface area contributed by atoms with E-state index < -0.39 is 16.7 Å². The average molecular weight is 244 g/mol. The molecule has 0 aliphatic rings. The van der Waals surface area contributed by atoms with Crippen LogP contribution >= 0.6 is 52.3 Å². The fraction of sp³-hybridized carbons (Fsp3) is 0.667. The highest BCUT2D eigenvalue weighted by molar-refractivity contribution is 8.07. The van der Waals surface area contributed by atoms with Gasteiger partial charge in [-0.3, -0.25) is 0 Å². The summed E-state index contributed by atoms with van der Waals surface area (Å²) in [4.78, 5) is 10.6. The third-order valence-corrected chi connectivity index (χ3v) is 5.13. The van der Waals surface area contributed by atoms with Crippen LogP contribution in [-0.2, 0) is 9.53 Å². The zero-order valence-electron chi connectivity index (χ0n) is 4.78. The Morgan fingerprint density at radius 2 is 1.90 bits per heavy atom. The number of rotatable bonds is 2. The van der Waals surface area contributed by atoms with Gasteiger partial charge in [0, 0.05) is 0 Å². The summed E-state index contributed by atoms with van der Waals surface area (Å²) in [5.41, 5.74) is 0. The van der Waals surface area contributed by atoms with Crippen molar-refractivity contribution < 1.29 is 9.53 Å². The van der Waals surface area contributed by atoms with Crippen molar-refractivity contribution in [3.05, 3.63) is 0 Å². The third-order valence-electron chi connectivity index (χ3n) is 0.643. The SMILES string of the molecule is COC(=O)C(Cl)(Cl)P(Cl)Cl. The highest BCUT2D eigenvalue weighted by Crippen LogP contribution is 2.63. The first kappa shape index (κ1) is 11.1. The lowest BCUT2D eigenvalue weighted by atomic mass is 10.8. The molecule has 0 aromatic carbocycles. The second kappa shape index (κ2) is 4.18. The number of esters is 1. The molecule has 0 spiro atoms. The van der Waals surface area contributed by atoms with E-state index in [1.807, 2.05) is 0 Å². The van der Waals surface area contributed by atoms with Crippen molar-refractivity contribution in [3.8, 4) is 0 Å². The average Bonchev–Trinajstić information content (AvgIpc) is 1.86. The van der Waals surface area contributed by atoms with Crippen LogP contribution < -0.4 is 0 Å². The Labute approximate surface area is 79.0 Å². The number of methoxy groups -OCH3 is 1. The largest absolute Gasteiger partial charge is 0.466 e. The van der Waals surface area contributed by atoms with E-state index in [9.17, 15) is 4.79 Å². The summed E-state index contributed by atoms with van der Waals surface area (Å²) in [6, 6.07) is 0. The molecule has 0 unspecified atom stereocenters. The summed E-state index contributed by atoms with van der Waals surface area (Å²) in [5.74, 6) is -0.841. The molecule has 0 aliphatic heterocycles. The second-order valence-electron chi connectivity index (χ2n) is 1.27. The lowest BCUT2D eigenvalue weighted by Crippen LogP contribution is -2.22. The van der Waals surface area contributed by atoms with Gasteiger partial charge in [-0.25, -0.2) is 4.79 Å². The van der Waals surface area contributed by atoms with Gasteiger partial charge in [0.15, 0.2) is 0 Å². The number of alkyl halides is 2. The summed E-state index contributed by atoms with van der Waals surface area (Å²) in [5, 5.41) is 0. The van der Waals surface area contributed by atoms with Crippen LogP contribution in [0.25, 0.3) is 0 Å². The number of hydrogen-bond acceptors (Lipinski definition) is 2. The molecular weight excluding hydrogens is 241 g/mol. The maximum absolute atomic E-state index is 10.6. The van der Waals surface area contributed by atoms with E-state index in [2.05, 4.69) is 4.74 Å². The van der Waals surface area contributed by atoms with Gasteiger partial charge in [-0.2, -0.15) is 0 Å². The Morgan fingerprint density at radius 3 is 2.00 bits per heavy atom. The number of carbonyl (C=O) groups is 1. The number of ether oxygens (including phenoxy) is 1. The molecule has 0 saturated carbocycles. The van der Waals surface area contributed by atoms with Crippen molar-refractivity contribution in [2.75, 3.05) is 7.11 Å². The molecule has 0 N–H and O–H groups in total. The van der Waals surface area contributed by atoms with E-state index in [4.69, 9.17) is 45.7 Å². The van der Waals surface area contributed by atoms with Gasteiger partial charge < -0.3 is 4.74 Å². The summed E-state index contributed by atoms with van der Waals surface area (Å²) < 4.78 is 2.41. The minimum atomic E-state index is -1.81. The molecule has 10 heavy (non-hydrogen) atoms. The Balaban J connectivity index is 4.24. The van der Waals surface area contributed by atoms with Crippen molar-refractivity contribution in [2.45, 2.75) is 4.07 Å². The normalized spacial score (nSPS) is 11.8. The quantitative estimate of drug-likeness (QED) is 0.423. The van der Waals surface area contributed by atoms with E-state index in [1.165, 1.54) is 0 Å². The van der Waals surface area contributed by atoms with E-state index in [0.717, 1.165) is 7.11 Å². The van der Waals surface area contributed by atoms with Crippen LogP contribution in [0.2, 0.25) is 0 Å². The van der Waals surface area contributed by atoms with Gasteiger partial charge in [0.1, 0.15) is 6.63 Å². The monoisotopic (exact) mass is 242 g/mol. The molecule has 0 heterocycles. The van der Waals surface area contributed by atoms with Crippen molar-refractivity contribution in [1.29, 1.82) is 0 Å². The maximum atomic E-state index is 10.6. The van der Waals surface area contributed by atoms with E-state index in [1.54, 1.807) is 0 Å². The van der Waals surface area contributed by atoms with Gasteiger partial charge >= 0.3 is 5.97 Å². The molecule has 60 valence electrons. The molecular formula is C3H3Cl4O2P. The van der Waals surface area contributed by atoms with Gasteiger partial charge in [0.25, 0.3) is 4.07 Å². The molecule has 0 amide bonds. The smallest absolute Gasteiger partial charge is 0.349 e. The standard InChI is InChI=1S/C3H3Cl4O2P/c1-9-2(8)3(4,5)10(6)7/h1H3. The Hall–Kier alpha value is 1.06. The highest BCUT2D eigenvalue weighted by Gasteiger charge is 2.42. The maximum Gasteiger partial charge on any atom is 0.349 e. The number of hydrogen-bond donors (Lipinski definition) is 0. The highest BCUT2D eigenvalue weighted by atomic mass is 35.9. The molecule has 7 heteroatoms. The predicted octanol–water partition coefficient (Wildman–Crippen LogP) is 3.08. The Kier molecular flexibility index (Phi) is 4.62. The first-order valence-corrected chi connectivity index (χ1v) is 5.91. The lowest BCUT2D eigenvalue weighted by Gasteiger charge is -2.15. The summed E-state index contributed by atoms with van der Waals surface area (Å²) >= 11 is 21.4. The number of halogens is 4. The molecule has 0 aromatic rings. The Morgan fingerprint density at radius 1 is 1.50 bits per heavy atom. The molecule has 0 saturated heterocycles. The lowest BCUT2D eigenvalue weighted by molar-refractivity contribution is -0.139. The molecule has 2 nitrogen and oxygen atoms in total. The predicted molar refractivity (Wildman–Crippen MR) is 45.1 cm³/mol. The van der Waals surface area contributed by atoms with Gasteiger partial charge in [0.2, 0.25) is 0 Å². The van der Waals surface area contributed by atoms with E-state index in [-0.39, 0.29) is 0 Å². The van der Waals surface area contributed by atoms with Crippen LogP contribution in [0.5, 0.6) is 0 Å². The molecule has 0 bridgehead atoms. The summed E-state index contributed by atoms with van der Waals surface area (Å²) in [7, 11) is 1.15. The van der Waals surface area contributed by atoms with Crippen LogP contribution in [0.1, 0.15) is 0 Å². The van der Waals surface area contributed by atoms with Gasteiger partial charge in [0.05, 0.1) is 7.11 Å². The zero-order valence-corrected chi connectivity index (χ0v) is 8.69. The topological polar surface area (TPSA) is 26.3 Å². The third kappa shape index (κ3) is 2.60. The van der Waals surface area contributed by atoms with E-state index >= 15 is 0 Å². The number of carbonyl (C=O) groups excluding carboxylic acids is 1.